The third kappa shape index (κ3) is 4.59. The van der Waals surface area contributed by atoms with E-state index >= 15 is 0 Å². The molecule has 0 radical (unpaired) electrons. The number of ether oxygens (including phenoxy) is 1. The number of piperidine rings is 1. The van der Waals surface area contributed by atoms with Gasteiger partial charge in [0.1, 0.15) is 11.4 Å². The second-order valence-corrected chi connectivity index (χ2v) is 7.38. The fourth-order valence-corrected chi connectivity index (χ4v) is 3.68. The first-order valence-corrected chi connectivity index (χ1v) is 10.3. The summed E-state index contributed by atoms with van der Waals surface area (Å²) in [6.07, 6.45) is 7.10. The summed E-state index contributed by atoms with van der Waals surface area (Å²) in [5.74, 6) is 1.62. The van der Waals surface area contributed by atoms with Gasteiger partial charge in [-0.3, -0.25) is 9.78 Å². The number of nitrogens with one attached hydrogen (secondary N) is 1. The Hall–Kier alpha value is -3.41. The van der Waals surface area contributed by atoms with E-state index < -0.39 is 0 Å². The van der Waals surface area contributed by atoms with Crippen LogP contribution in [-0.2, 0) is 6.54 Å². The van der Waals surface area contributed by atoms with Crippen molar-refractivity contribution in [3.05, 3.63) is 72.1 Å². The monoisotopic (exact) mass is 402 g/mol. The number of carbonyl (C=O) groups is 1. The number of hydrogen-bond donors (Lipinski definition) is 1. The van der Waals surface area contributed by atoms with Gasteiger partial charge in [0, 0.05) is 43.2 Å². The fraction of sp³-hybridized carbons (Fsp3) is 0.292. The van der Waals surface area contributed by atoms with Crippen molar-refractivity contribution < 1.29 is 9.53 Å². The Labute approximate surface area is 176 Å². The number of nitrogens with zero attached hydrogens (tertiary/aromatic N) is 3. The molecule has 1 N–H and O–H groups in total. The summed E-state index contributed by atoms with van der Waals surface area (Å²) in [6.45, 7) is 2.49. The number of aromatic nitrogens is 2. The first-order chi connectivity index (χ1) is 14.7. The van der Waals surface area contributed by atoms with E-state index in [1.165, 1.54) is 19.3 Å². The van der Waals surface area contributed by atoms with Gasteiger partial charge in [0.2, 0.25) is 0 Å². The number of rotatable bonds is 6. The van der Waals surface area contributed by atoms with Crippen molar-refractivity contribution in [3.63, 3.8) is 0 Å². The van der Waals surface area contributed by atoms with Crippen LogP contribution in [-0.4, -0.2) is 36.1 Å². The van der Waals surface area contributed by atoms with Crippen LogP contribution in [0.1, 0.15) is 35.2 Å². The third-order valence-corrected chi connectivity index (χ3v) is 5.37. The van der Waals surface area contributed by atoms with E-state index in [0.717, 1.165) is 41.5 Å². The second kappa shape index (κ2) is 9.39. The maximum atomic E-state index is 12.5. The molecule has 0 atom stereocenters. The first-order valence-electron chi connectivity index (χ1n) is 10.3. The summed E-state index contributed by atoms with van der Waals surface area (Å²) < 4.78 is 5.16. The van der Waals surface area contributed by atoms with Crippen molar-refractivity contribution in [3.8, 4) is 17.0 Å². The average molecular weight is 402 g/mol. The lowest BCUT2D eigenvalue weighted by atomic mass is 10.1. The third-order valence-electron chi connectivity index (χ3n) is 5.37. The van der Waals surface area contributed by atoms with Crippen molar-refractivity contribution in [2.45, 2.75) is 25.8 Å². The normalized spacial score (nSPS) is 13.7. The molecule has 4 rings (SSSR count). The molecular weight excluding hydrogens is 376 g/mol. The SMILES string of the molecule is COc1ccc(CNC(=O)c2ccc(-c3nccnc3N3CCCCC3)cc2)cc1. The molecule has 0 bridgehead atoms. The summed E-state index contributed by atoms with van der Waals surface area (Å²) >= 11 is 0. The molecule has 2 heterocycles. The largest absolute Gasteiger partial charge is 0.497 e. The van der Waals surface area contributed by atoms with Crippen LogP contribution in [0.25, 0.3) is 11.3 Å². The van der Waals surface area contributed by atoms with Gasteiger partial charge >= 0.3 is 0 Å². The molecule has 154 valence electrons. The Morgan fingerprint density at radius 3 is 2.37 bits per heavy atom. The zero-order valence-electron chi connectivity index (χ0n) is 17.2. The second-order valence-electron chi connectivity index (χ2n) is 7.38. The number of methoxy groups -OCH3 is 1. The molecule has 0 spiro atoms. The predicted molar refractivity (Wildman–Crippen MR) is 118 cm³/mol. The zero-order chi connectivity index (χ0) is 20.8. The lowest BCUT2D eigenvalue weighted by Gasteiger charge is -2.28. The highest BCUT2D eigenvalue weighted by Gasteiger charge is 2.18. The van der Waals surface area contributed by atoms with Gasteiger partial charge in [-0.05, 0) is 49.1 Å². The van der Waals surface area contributed by atoms with Crippen molar-refractivity contribution in [2.75, 3.05) is 25.1 Å². The number of amides is 1. The Bertz CT molecular complexity index is 981. The van der Waals surface area contributed by atoms with Gasteiger partial charge in [-0.1, -0.05) is 24.3 Å². The van der Waals surface area contributed by atoms with Crippen LogP contribution in [0.4, 0.5) is 5.82 Å². The molecule has 30 heavy (non-hydrogen) atoms. The van der Waals surface area contributed by atoms with Gasteiger partial charge in [0.25, 0.3) is 5.91 Å². The summed E-state index contributed by atoms with van der Waals surface area (Å²) in [5, 5.41) is 2.96. The Morgan fingerprint density at radius 1 is 0.967 bits per heavy atom. The van der Waals surface area contributed by atoms with Crippen molar-refractivity contribution in [2.24, 2.45) is 0 Å². The molecule has 1 aliphatic heterocycles. The molecule has 3 aromatic rings. The van der Waals surface area contributed by atoms with Gasteiger partial charge in [-0.2, -0.15) is 0 Å². The highest BCUT2D eigenvalue weighted by molar-refractivity contribution is 5.94. The van der Waals surface area contributed by atoms with Crippen LogP contribution in [0.3, 0.4) is 0 Å². The number of benzene rings is 2. The maximum absolute atomic E-state index is 12.5. The lowest BCUT2D eigenvalue weighted by Crippen LogP contribution is -2.30. The first kappa shape index (κ1) is 19.9. The van der Waals surface area contributed by atoms with Gasteiger partial charge in [0.15, 0.2) is 5.82 Å². The number of anilines is 1. The van der Waals surface area contributed by atoms with E-state index in [0.29, 0.717) is 12.1 Å². The van der Waals surface area contributed by atoms with Gasteiger partial charge < -0.3 is 15.0 Å². The molecular formula is C24H26N4O2. The smallest absolute Gasteiger partial charge is 0.251 e. The molecule has 6 heteroatoms. The topological polar surface area (TPSA) is 67.3 Å². The van der Waals surface area contributed by atoms with Crippen LogP contribution in [0.2, 0.25) is 0 Å². The highest BCUT2D eigenvalue weighted by atomic mass is 16.5. The average Bonchev–Trinajstić information content (AvgIpc) is 2.83. The Kier molecular flexibility index (Phi) is 6.23. The maximum Gasteiger partial charge on any atom is 0.251 e. The molecule has 1 fully saturated rings. The van der Waals surface area contributed by atoms with Gasteiger partial charge in [-0.25, -0.2) is 4.98 Å². The van der Waals surface area contributed by atoms with Crippen LogP contribution < -0.4 is 15.0 Å². The van der Waals surface area contributed by atoms with Crippen LogP contribution in [0.5, 0.6) is 5.75 Å². The van der Waals surface area contributed by atoms with Crippen LogP contribution >= 0.6 is 0 Å². The minimum atomic E-state index is -0.104. The molecule has 1 saturated heterocycles. The van der Waals surface area contributed by atoms with Crippen molar-refractivity contribution >= 4 is 11.7 Å². The highest BCUT2D eigenvalue weighted by Crippen LogP contribution is 2.28. The van der Waals surface area contributed by atoms with Crippen LogP contribution in [0.15, 0.2) is 60.9 Å². The Balaban J connectivity index is 1.44. The van der Waals surface area contributed by atoms with E-state index in [1.807, 2.05) is 48.5 Å². The van der Waals surface area contributed by atoms with Crippen molar-refractivity contribution in [1.82, 2.24) is 15.3 Å². The summed E-state index contributed by atoms with van der Waals surface area (Å²) in [5.41, 5.74) is 3.47. The molecule has 0 unspecified atom stereocenters. The molecule has 0 aliphatic carbocycles. The summed E-state index contributed by atoms with van der Waals surface area (Å²) in [6, 6.07) is 15.2. The molecule has 1 aliphatic rings. The van der Waals surface area contributed by atoms with E-state index in [2.05, 4.69) is 20.2 Å². The van der Waals surface area contributed by atoms with E-state index in [1.54, 1.807) is 19.5 Å². The minimum Gasteiger partial charge on any atom is -0.497 e. The van der Waals surface area contributed by atoms with Crippen LogP contribution in [0, 0.1) is 0 Å². The molecule has 1 amide bonds. The molecule has 6 nitrogen and oxygen atoms in total. The summed E-state index contributed by atoms with van der Waals surface area (Å²) in [4.78, 5) is 24.0. The predicted octanol–water partition coefficient (Wildman–Crippen LogP) is 4.07. The van der Waals surface area contributed by atoms with Gasteiger partial charge in [0.05, 0.1) is 7.11 Å². The minimum absolute atomic E-state index is 0.104. The zero-order valence-corrected chi connectivity index (χ0v) is 17.2. The molecule has 0 saturated carbocycles. The van der Waals surface area contributed by atoms with Crippen molar-refractivity contribution in [1.29, 1.82) is 0 Å². The fourth-order valence-electron chi connectivity index (χ4n) is 3.68. The van der Waals surface area contributed by atoms with E-state index in [9.17, 15) is 4.79 Å². The number of carbonyl (C=O) groups excluding carboxylic acids is 1. The number of hydrogen-bond acceptors (Lipinski definition) is 5. The van der Waals surface area contributed by atoms with E-state index in [4.69, 9.17) is 4.74 Å². The Morgan fingerprint density at radius 2 is 1.67 bits per heavy atom. The summed E-state index contributed by atoms with van der Waals surface area (Å²) in [7, 11) is 1.64. The lowest BCUT2D eigenvalue weighted by molar-refractivity contribution is 0.0951. The standard InChI is InChI=1S/C24H26N4O2/c1-30-21-11-5-18(6-12-21)17-27-24(29)20-9-7-19(8-10-20)22-23(26-14-13-25-22)28-15-3-2-4-16-28/h5-14H,2-4,15-17H2,1H3,(H,27,29). The quantitative estimate of drug-likeness (QED) is 0.673. The van der Waals surface area contributed by atoms with E-state index in [-0.39, 0.29) is 5.91 Å². The van der Waals surface area contributed by atoms with Gasteiger partial charge in [-0.15, -0.1) is 0 Å². The molecule has 1 aromatic heterocycles. The molecule has 2 aromatic carbocycles.